The van der Waals surface area contributed by atoms with Crippen LogP contribution in [0.1, 0.15) is 30.7 Å². The summed E-state index contributed by atoms with van der Waals surface area (Å²) in [5.41, 5.74) is -2.27. The van der Waals surface area contributed by atoms with Gasteiger partial charge in [-0.3, -0.25) is 4.21 Å². The molecular weight excluding hydrogens is 503 g/mol. The molecule has 2 heterocycles. The van der Waals surface area contributed by atoms with E-state index in [4.69, 9.17) is 11.6 Å². The van der Waals surface area contributed by atoms with E-state index < -0.39 is 63.1 Å². The maximum absolute atomic E-state index is 14.6. The Bertz CT molecular complexity index is 1170. The van der Waals surface area contributed by atoms with Gasteiger partial charge in [0.1, 0.15) is 35.3 Å². The second kappa shape index (κ2) is 9.64. The van der Waals surface area contributed by atoms with Crippen LogP contribution in [-0.2, 0) is 17.0 Å². The van der Waals surface area contributed by atoms with E-state index in [1.54, 1.807) is 13.8 Å². The van der Waals surface area contributed by atoms with Crippen molar-refractivity contribution in [1.29, 1.82) is 5.26 Å². The van der Waals surface area contributed by atoms with Crippen LogP contribution in [0.2, 0.25) is 5.02 Å². The number of aryl methyl sites for hydroxylation is 1. The number of aliphatic hydroxyl groups excluding tert-OH is 1. The SMILES string of the molecule is Cc1cc(C(F)(F)F)c(C#N)c(N2CS(=O)C[C@@H]2C(O)N(c2cc(Cl)c(F)cc2F)C(C)C)n1. The number of hydrogen-bond acceptors (Lipinski definition) is 6. The summed E-state index contributed by atoms with van der Waals surface area (Å²) in [5.74, 6) is -2.91. The second-order valence-electron chi connectivity index (χ2n) is 8.02. The van der Waals surface area contributed by atoms with Gasteiger partial charge in [0.15, 0.2) is 0 Å². The number of nitrogens with zero attached hydrogens (tertiary/aromatic N) is 4. The van der Waals surface area contributed by atoms with Gasteiger partial charge >= 0.3 is 6.18 Å². The first-order valence-electron chi connectivity index (χ1n) is 9.97. The Balaban J connectivity index is 2.13. The summed E-state index contributed by atoms with van der Waals surface area (Å²) in [7, 11) is -1.62. The number of benzene rings is 1. The molecule has 2 unspecified atom stereocenters. The maximum atomic E-state index is 14.6. The first-order chi connectivity index (χ1) is 15.8. The van der Waals surface area contributed by atoms with Crippen molar-refractivity contribution in [3.63, 3.8) is 0 Å². The van der Waals surface area contributed by atoms with Crippen LogP contribution in [-0.4, -0.2) is 44.2 Å². The molecule has 1 aromatic carbocycles. The van der Waals surface area contributed by atoms with Crippen molar-refractivity contribution in [2.75, 3.05) is 21.4 Å². The average molecular weight is 523 g/mol. The first-order valence-corrected chi connectivity index (χ1v) is 11.8. The van der Waals surface area contributed by atoms with Gasteiger partial charge in [-0.2, -0.15) is 18.4 Å². The van der Waals surface area contributed by atoms with Crippen LogP contribution in [0.3, 0.4) is 0 Å². The molecular formula is C21H20ClF5N4O2S. The van der Waals surface area contributed by atoms with Crippen LogP contribution in [0.4, 0.5) is 33.5 Å². The van der Waals surface area contributed by atoms with E-state index in [0.717, 1.165) is 17.0 Å². The molecule has 1 aliphatic heterocycles. The van der Waals surface area contributed by atoms with Crippen LogP contribution in [0.5, 0.6) is 0 Å². The third-order valence-electron chi connectivity index (χ3n) is 5.31. The highest BCUT2D eigenvalue weighted by molar-refractivity contribution is 7.85. The number of rotatable bonds is 5. The summed E-state index contributed by atoms with van der Waals surface area (Å²) < 4.78 is 81.5. The van der Waals surface area contributed by atoms with Crippen LogP contribution in [0, 0.1) is 29.9 Å². The van der Waals surface area contributed by atoms with E-state index in [9.17, 15) is 36.5 Å². The molecule has 0 radical (unpaired) electrons. The quantitative estimate of drug-likeness (QED) is 0.357. The number of aromatic nitrogens is 1. The van der Waals surface area contributed by atoms with Crippen molar-refractivity contribution >= 4 is 33.9 Å². The fraction of sp³-hybridized carbons (Fsp3) is 0.429. The molecule has 1 aromatic heterocycles. The van der Waals surface area contributed by atoms with Crippen LogP contribution in [0.25, 0.3) is 0 Å². The Morgan fingerprint density at radius 3 is 2.50 bits per heavy atom. The molecule has 2 aromatic rings. The van der Waals surface area contributed by atoms with E-state index in [2.05, 4.69) is 4.98 Å². The molecule has 0 bridgehead atoms. The highest BCUT2D eigenvalue weighted by Gasteiger charge is 2.43. The standard InChI is InChI=1S/C21H20ClF5N4O2S/c1-10(2)31(17-5-14(22)15(23)6-16(17)24)20(32)18-8-34(33)9-30(18)19-12(7-28)13(21(25,26)27)4-11(3)29-19/h4-6,10,18,20,32H,8-9H2,1-3H3/t18-,20?,34?/m1/s1. The molecule has 1 N–H and O–H groups in total. The minimum absolute atomic E-state index is 0.0377. The summed E-state index contributed by atoms with van der Waals surface area (Å²) >= 11 is 5.80. The third kappa shape index (κ3) is 4.96. The van der Waals surface area contributed by atoms with Crippen molar-refractivity contribution in [3.05, 3.63) is 51.7 Å². The number of pyridine rings is 1. The molecule has 1 fully saturated rings. The topological polar surface area (TPSA) is 80.5 Å². The molecule has 3 rings (SSSR count). The molecule has 184 valence electrons. The number of anilines is 2. The molecule has 1 aliphatic rings. The van der Waals surface area contributed by atoms with Crippen molar-refractivity contribution in [2.24, 2.45) is 0 Å². The van der Waals surface area contributed by atoms with E-state index in [1.165, 1.54) is 17.9 Å². The van der Waals surface area contributed by atoms with Crippen LogP contribution in [0.15, 0.2) is 18.2 Å². The number of nitriles is 1. The number of hydrogen-bond donors (Lipinski definition) is 1. The lowest BCUT2D eigenvalue weighted by Gasteiger charge is -2.40. The Morgan fingerprint density at radius 1 is 1.29 bits per heavy atom. The highest BCUT2D eigenvalue weighted by atomic mass is 35.5. The Hall–Kier alpha value is -2.49. The summed E-state index contributed by atoms with van der Waals surface area (Å²) in [6.45, 7) is 4.52. The van der Waals surface area contributed by atoms with Gasteiger partial charge in [0.05, 0.1) is 33.9 Å². The fourth-order valence-electron chi connectivity index (χ4n) is 3.87. The molecule has 13 heteroatoms. The van der Waals surface area contributed by atoms with Crippen LogP contribution < -0.4 is 9.80 Å². The summed E-state index contributed by atoms with van der Waals surface area (Å²) in [6.07, 6.45) is -6.47. The van der Waals surface area contributed by atoms with E-state index in [1.807, 2.05) is 0 Å². The van der Waals surface area contributed by atoms with Gasteiger partial charge in [0.25, 0.3) is 0 Å². The largest absolute Gasteiger partial charge is 0.417 e. The molecule has 3 atom stereocenters. The predicted octanol–water partition coefficient (Wildman–Crippen LogP) is 4.34. The highest BCUT2D eigenvalue weighted by Crippen LogP contribution is 2.38. The van der Waals surface area contributed by atoms with Crippen molar-refractivity contribution in [3.8, 4) is 6.07 Å². The molecule has 6 nitrogen and oxygen atoms in total. The third-order valence-corrected chi connectivity index (χ3v) is 6.88. The lowest BCUT2D eigenvalue weighted by Crippen LogP contribution is -2.54. The van der Waals surface area contributed by atoms with Gasteiger partial charge < -0.3 is 14.9 Å². The van der Waals surface area contributed by atoms with Crippen molar-refractivity contribution in [2.45, 2.75) is 45.3 Å². The van der Waals surface area contributed by atoms with Gasteiger partial charge in [0, 0.05) is 28.6 Å². The zero-order valence-corrected chi connectivity index (χ0v) is 19.8. The predicted molar refractivity (Wildman–Crippen MR) is 118 cm³/mol. The molecule has 0 saturated carbocycles. The summed E-state index contributed by atoms with van der Waals surface area (Å²) in [4.78, 5) is 6.41. The van der Waals surface area contributed by atoms with E-state index in [0.29, 0.717) is 6.07 Å². The van der Waals surface area contributed by atoms with E-state index in [-0.39, 0.29) is 28.8 Å². The monoisotopic (exact) mass is 522 g/mol. The average Bonchev–Trinajstić information content (AvgIpc) is 3.12. The minimum atomic E-state index is -4.85. The zero-order valence-electron chi connectivity index (χ0n) is 18.2. The minimum Gasteiger partial charge on any atom is -0.371 e. The van der Waals surface area contributed by atoms with Gasteiger partial charge in [-0.05, 0) is 32.9 Å². The Labute approximate surface area is 200 Å². The molecule has 1 saturated heterocycles. The molecule has 0 spiro atoms. The lowest BCUT2D eigenvalue weighted by molar-refractivity contribution is -0.137. The smallest absolute Gasteiger partial charge is 0.371 e. The van der Waals surface area contributed by atoms with Crippen molar-refractivity contribution < 1.29 is 31.3 Å². The summed E-state index contributed by atoms with van der Waals surface area (Å²) in [6, 6.07) is 2.07. The van der Waals surface area contributed by atoms with Gasteiger partial charge in [0.2, 0.25) is 0 Å². The first kappa shape index (κ1) is 26.1. The molecule has 0 amide bonds. The second-order valence-corrected chi connectivity index (χ2v) is 9.90. The maximum Gasteiger partial charge on any atom is 0.417 e. The van der Waals surface area contributed by atoms with Gasteiger partial charge in [-0.15, -0.1) is 0 Å². The van der Waals surface area contributed by atoms with Crippen molar-refractivity contribution in [1.82, 2.24) is 4.98 Å². The fourth-order valence-corrected chi connectivity index (χ4v) is 5.49. The molecule has 0 aliphatic carbocycles. The summed E-state index contributed by atoms with van der Waals surface area (Å²) in [5, 5.41) is 20.3. The number of halogens is 6. The number of aliphatic hydroxyl groups is 1. The Kier molecular flexibility index (Phi) is 7.40. The Morgan fingerprint density at radius 2 is 1.94 bits per heavy atom. The zero-order chi connectivity index (χ0) is 25.5. The van der Waals surface area contributed by atoms with Gasteiger partial charge in [-0.25, -0.2) is 13.8 Å². The number of alkyl halides is 3. The van der Waals surface area contributed by atoms with Gasteiger partial charge in [-0.1, -0.05) is 11.6 Å². The van der Waals surface area contributed by atoms with Crippen LogP contribution >= 0.6 is 11.6 Å². The molecule has 34 heavy (non-hydrogen) atoms. The van der Waals surface area contributed by atoms with E-state index >= 15 is 0 Å². The normalized spacial score (nSPS) is 19.4. The lowest BCUT2D eigenvalue weighted by atomic mass is 10.1.